The molecular weight excluding hydrogens is 572 g/mol. The van der Waals surface area contributed by atoms with Gasteiger partial charge < -0.3 is 9.47 Å². The average Bonchev–Trinajstić information content (AvgIpc) is 3.00. The Morgan fingerprint density at radius 2 is 1.27 bits per heavy atom. The van der Waals surface area contributed by atoms with Gasteiger partial charge in [-0.15, -0.1) is 0 Å². The topological polar surface area (TPSA) is 52.6 Å². The average molecular weight is 615 g/mol. The molecule has 3 aromatic carbocycles. The summed E-state index contributed by atoms with van der Waals surface area (Å²) in [6.07, 6.45) is 3.94. The van der Waals surface area contributed by atoms with Crippen LogP contribution in [0.25, 0.3) is 11.1 Å². The highest BCUT2D eigenvalue weighted by molar-refractivity contribution is 5.92. The first-order chi connectivity index (χ1) is 21.1. The first-order valence-electron chi connectivity index (χ1n) is 15.6. The van der Waals surface area contributed by atoms with Crippen molar-refractivity contribution in [1.82, 2.24) is 0 Å². The van der Waals surface area contributed by atoms with Crippen molar-refractivity contribution in [1.29, 1.82) is 0 Å². The minimum atomic E-state index is -4.76. The Morgan fingerprint density at radius 3 is 1.86 bits per heavy atom. The number of hydrogen-bond acceptors (Lipinski definition) is 4. The molecule has 0 saturated carbocycles. The molecule has 0 aromatic heterocycles. The molecule has 0 radical (unpaired) electrons. The lowest BCUT2D eigenvalue weighted by Gasteiger charge is -2.20. The molecule has 0 aliphatic rings. The van der Waals surface area contributed by atoms with Gasteiger partial charge in [0.25, 0.3) is 0 Å². The van der Waals surface area contributed by atoms with Crippen molar-refractivity contribution in [2.45, 2.75) is 103 Å². The van der Waals surface area contributed by atoms with Gasteiger partial charge in [-0.3, -0.25) is 0 Å². The van der Waals surface area contributed by atoms with Crippen LogP contribution in [0.15, 0.2) is 66.7 Å². The Kier molecular flexibility index (Phi) is 13.9. The second kappa shape index (κ2) is 17.6. The second-order valence-corrected chi connectivity index (χ2v) is 11.1. The third-order valence-corrected chi connectivity index (χ3v) is 7.53. The Hall–Kier alpha value is -3.68. The molecule has 0 heterocycles. The number of esters is 2. The van der Waals surface area contributed by atoms with Crippen LogP contribution in [0.2, 0.25) is 0 Å². The van der Waals surface area contributed by atoms with Crippen molar-refractivity contribution in [3.8, 4) is 16.9 Å². The fourth-order valence-corrected chi connectivity index (χ4v) is 4.90. The van der Waals surface area contributed by atoms with Crippen LogP contribution in [-0.2, 0) is 11.2 Å². The van der Waals surface area contributed by atoms with Crippen molar-refractivity contribution in [3.63, 3.8) is 0 Å². The fourth-order valence-electron chi connectivity index (χ4n) is 4.90. The van der Waals surface area contributed by atoms with E-state index in [-0.39, 0.29) is 17.7 Å². The van der Waals surface area contributed by atoms with Crippen LogP contribution < -0.4 is 4.74 Å². The number of halogens is 4. The van der Waals surface area contributed by atoms with Crippen LogP contribution in [-0.4, -0.2) is 24.2 Å². The molecule has 0 bridgehead atoms. The van der Waals surface area contributed by atoms with Crippen molar-refractivity contribution >= 4 is 11.9 Å². The Balaban J connectivity index is 1.54. The number of rotatable bonds is 17. The van der Waals surface area contributed by atoms with Gasteiger partial charge in [-0.25, -0.2) is 14.0 Å². The van der Waals surface area contributed by atoms with Crippen LogP contribution in [0.4, 0.5) is 17.6 Å². The highest BCUT2D eigenvalue weighted by Crippen LogP contribution is 2.29. The molecule has 238 valence electrons. The van der Waals surface area contributed by atoms with Gasteiger partial charge in [0.05, 0.1) is 11.1 Å². The van der Waals surface area contributed by atoms with Crippen LogP contribution in [0.1, 0.15) is 111 Å². The van der Waals surface area contributed by atoms with E-state index >= 15 is 0 Å². The third-order valence-electron chi connectivity index (χ3n) is 7.53. The van der Waals surface area contributed by atoms with Crippen molar-refractivity contribution in [2.24, 2.45) is 0 Å². The molecule has 4 nitrogen and oxygen atoms in total. The molecule has 0 saturated heterocycles. The Morgan fingerprint density at radius 1 is 0.705 bits per heavy atom. The number of unbranched alkanes of at least 4 members (excludes halogenated alkanes) is 8. The molecule has 0 spiro atoms. The van der Waals surface area contributed by atoms with Gasteiger partial charge in [0.15, 0.2) is 6.10 Å². The summed E-state index contributed by atoms with van der Waals surface area (Å²) in [6.45, 7) is 4.06. The standard InChI is InChI=1S/C36H42F4O4/c1-3-5-7-8-9-10-12-13-26-15-17-27(18-16-26)28-19-21-29(22-20-28)34(41)43-30-23-24-31(32(37)25-30)35(42)44-33(36(38,39)40)14-11-6-4-2/h15-25,33H,3-14H2,1-2H3/t33-/m1/s1. The van der Waals surface area contributed by atoms with E-state index < -0.39 is 42.0 Å². The summed E-state index contributed by atoms with van der Waals surface area (Å²) >= 11 is 0. The van der Waals surface area contributed by atoms with Gasteiger partial charge in [-0.2, -0.15) is 13.2 Å². The van der Waals surface area contributed by atoms with E-state index in [9.17, 15) is 27.2 Å². The Labute approximate surface area is 257 Å². The van der Waals surface area contributed by atoms with E-state index in [0.29, 0.717) is 12.8 Å². The van der Waals surface area contributed by atoms with Crippen LogP contribution in [0, 0.1) is 5.82 Å². The highest BCUT2D eigenvalue weighted by atomic mass is 19.4. The molecule has 44 heavy (non-hydrogen) atoms. The molecule has 8 heteroatoms. The summed E-state index contributed by atoms with van der Waals surface area (Å²) in [5, 5.41) is 0. The first kappa shape index (κ1) is 34.8. The van der Waals surface area contributed by atoms with E-state index in [1.165, 1.54) is 50.5 Å². The van der Waals surface area contributed by atoms with Gasteiger partial charge in [-0.05, 0) is 66.6 Å². The summed E-state index contributed by atoms with van der Waals surface area (Å²) < 4.78 is 64.4. The number of alkyl halides is 3. The summed E-state index contributed by atoms with van der Waals surface area (Å²) in [4.78, 5) is 25.0. The van der Waals surface area contributed by atoms with E-state index in [1.54, 1.807) is 24.3 Å². The second-order valence-electron chi connectivity index (χ2n) is 11.1. The lowest BCUT2D eigenvalue weighted by Crippen LogP contribution is -2.34. The molecule has 0 amide bonds. The Bertz CT molecular complexity index is 1320. The zero-order valence-electron chi connectivity index (χ0n) is 25.6. The maximum absolute atomic E-state index is 14.6. The maximum atomic E-state index is 14.6. The number of carbonyl (C=O) groups is 2. The third kappa shape index (κ3) is 11.1. The van der Waals surface area contributed by atoms with Gasteiger partial charge >= 0.3 is 18.1 Å². The maximum Gasteiger partial charge on any atom is 0.425 e. The quantitative estimate of drug-likeness (QED) is 0.0657. The van der Waals surface area contributed by atoms with Crippen molar-refractivity contribution in [2.75, 3.05) is 0 Å². The number of ether oxygens (including phenoxy) is 2. The summed E-state index contributed by atoms with van der Waals surface area (Å²) in [5.41, 5.74) is 2.78. The first-order valence-corrected chi connectivity index (χ1v) is 15.6. The predicted octanol–water partition coefficient (Wildman–Crippen LogP) is 10.7. The smallest absolute Gasteiger partial charge is 0.425 e. The van der Waals surface area contributed by atoms with Crippen molar-refractivity contribution < 1.29 is 36.6 Å². The van der Waals surface area contributed by atoms with E-state index in [2.05, 4.69) is 35.9 Å². The summed E-state index contributed by atoms with van der Waals surface area (Å²) in [5.74, 6) is -3.52. The predicted molar refractivity (Wildman–Crippen MR) is 164 cm³/mol. The molecular formula is C36H42F4O4. The van der Waals surface area contributed by atoms with Gasteiger partial charge in [0.2, 0.25) is 0 Å². The fraction of sp³-hybridized carbons (Fsp3) is 0.444. The highest BCUT2D eigenvalue weighted by Gasteiger charge is 2.42. The zero-order chi connectivity index (χ0) is 32.0. The normalized spacial score (nSPS) is 12.1. The summed E-state index contributed by atoms with van der Waals surface area (Å²) in [6, 6.07) is 18.0. The lowest BCUT2D eigenvalue weighted by atomic mass is 10.00. The molecule has 3 rings (SSSR count). The van der Waals surface area contributed by atoms with Gasteiger partial charge in [0, 0.05) is 6.07 Å². The number of benzene rings is 3. The van der Waals surface area contributed by atoms with Crippen LogP contribution in [0.5, 0.6) is 5.75 Å². The summed E-state index contributed by atoms with van der Waals surface area (Å²) in [7, 11) is 0. The van der Waals surface area contributed by atoms with E-state index in [0.717, 1.165) is 35.7 Å². The minimum Gasteiger partial charge on any atom is -0.449 e. The number of carbonyl (C=O) groups excluding carboxylic acids is 2. The largest absolute Gasteiger partial charge is 0.449 e. The van der Waals surface area contributed by atoms with Crippen molar-refractivity contribution in [3.05, 3.63) is 89.2 Å². The molecule has 1 atom stereocenters. The zero-order valence-corrected chi connectivity index (χ0v) is 25.6. The minimum absolute atomic E-state index is 0.194. The molecule has 0 N–H and O–H groups in total. The van der Waals surface area contributed by atoms with Gasteiger partial charge in [0.1, 0.15) is 11.6 Å². The SMILES string of the molecule is CCCCCCCCCc1ccc(-c2ccc(C(=O)Oc3ccc(C(=O)O[C@H](CCCCC)C(F)(F)F)c(F)c3)cc2)cc1. The molecule has 0 aliphatic heterocycles. The number of hydrogen-bond donors (Lipinski definition) is 0. The molecule has 3 aromatic rings. The van der Waals surface area contributed by atoms with E-state index in [1.807, 2.05) is 6.92 Å². The van der Waals surface area contributed by atoms with Gasteiger partial charge in [-0.1, -0.05) is 102 Å². The lowest BCUT2D eigenvalue weighted by molar-refractivity contribution is -0.206. The molecule has 0 fully saturated rings. The number of aryl methyl sites for hydroxylation is 1. The van der Waals surface area contributed by atoms with Crippen LogP contribution >= 0.6 is 0 Å². The molecule has 0 aliphatic carbocycles. The van der Waals surface area contributed by atoms with Crippen LogP contribution in [0.3, 0.4) is 0 Å². The molecule has 0 unspecified atom stereocenters. The monoisotopic (exact) mass is 614 g/mol. The van der Waals surface area contributed by atoms with E-state index in [4.69, 9.17) is 4.74 Å².